The first-order chi connectivity index (χ1) is 8.88. The summed E-state index contributed by atoms with van der Waals surface area (Å²) in [6.07, 6.45) is 13.7. The Morgan fingerprint density at radius 2 is 2.11 bits per heavy atom. The topological polar surface area (TPSA) is 32.3 Å². The minimum absolute atomic E-state index is 0.0631. The Morgan fingerprint density at radius 3 is 2.79 bits per heavy atom. The first-order valence-corrected chi connectivity index (χ1v) is 7.76. The van der Waals surface area contributed by atoms with Gasteiger partial charge in [-0.15, -0.1) is 0 Å². The van der Waals surface area contributed by atoms with Gasteiger partial charge in [0.2, 0.25) is 0 Å². The van der Waals surface area contributed by atoms with Crippen LogP contribution in [0.4, 0.5) is 0 Å². The molecular weight excluding hydrogens is 256 g/mol. The molecule has 0 saturated carbocycles. The summed E-state index contributed by atoms with van der Waals surface area (Å²) >= 11 is 0. The van der Waals surface area contributed by atoms with Gasteiger partial charge in [0.1, 0.15) is 0 Å². The maximum Gasteiger partial charge on any atom is 0.0975 e. The third kappa shape index (κ3) is 3.45. The lowest BCUT2D eigenvalue weighted by Crippen LogP contribution is -2.39. The Kier molecular flexibility index (Phi) is 4.11. The molecule has 0 saturated heterocycles. The fourth-order valence-electron chi connectivity index (χ4n) is 1.87. The first-order valence-electron chi connectivity index (χ1n) is 6.61. The van der Waals surface area contributed by atoms with Crippen LogP contribution in [-0.2, 0) is 11.0 Å². The number of nitrogens with zero attached hydrogens (tertiary/aromatic N) is 1. The van der Waals surface area contributed by atoms with Crippen molar-refractivity contribution < 1.29 is 4.21 Å². The van der Waals surface area contributed by atoms with Crippen LogP contribution in [0.5, 0.6) is 0 Å². The zero-order valence-corrected chi connectivity index (χ0v) is 12.8. The molecule has 0 bridgehead atoms. The second-order valence-corrected chi connectivity index (χ2v) is 7.84. The molecule has 2 rings (SSSR count). The van der Waals surface area contributed by atoms with Gasteiger partial charge in [-0.3, -0.25) is 0 Å². The zero-order chi connectivity index (χ0) is 14.0. The Balaban J connectivity index is 2.07. The van der Waals surface area contributed by atoms with E-state index in [-0.39, 0.29) is 10.8 Å². The number of allylic oxidation sites excluding steroid dienone is 3. The van der Waals surface area contributed by atoms with Crippen LogP contribution in [0.25, 0.3) is 0 Å². The van der Waals surface area contributed by atoms with Crippen LogP contribution >= 0.6 is 0 Å². The van der Waals surface area contributed by atoms with Crippen LogP contribution in [0.1, 0.15) is 34.1 Å². The standard InChI is InChI=1S/C15H22N2OS/c1-12(16-19(18)15(2,3)4)13-8-9-14-7-5-6-10-17(14)11-13/h6-12,16H,5H2,1-4H3/t12-,19?/m0/s1. The molecule has 1 unspecified atom stereocenters. The lowest BCUT2D eigenvalue weighted by molar-refractivity contribution is 0.599. The molecule has 19 heavy (non-hydrogen) atoms. The van der Waals surface area contributed by atoms with Crippen molar-refractivity contribution in [1.29, 1.82) is 0 Å². The molecule has 0 amide bonds. The maximum absolute atomic E-state index is 12.1. The third-order valence-corrected chi connectivity index (χ3v) is 4.78. The molecule has 0 aromatic rings. The van der Waals surface area contributed by atoms with Crippen LogP contribution in [0.15, 0.2) is 48.0 Å². The predicted molar refractivity (Wildman–Crippen MR) is 81.4 cm³/mol. The van der Waals surface area contributed by atoms with Crippen LogP contribution in [0.2, 0.25) is 0 Å². The number of hydrogen-bond acceptors (Lipinski definition) is 2. The van der Waals surface area contributed by atoms with E-state index in [0.717, 1.165) is 12.0 Å². The van der Waals surface area contributed by atoms with Crippen LogP contribution < -0.4 is 4.72 Å². The maximum atomic E-state index is 12.1. The van der Waals surface area contributed by atoms with Crippen LogP contribution in [-0.4, -0.2) is 19.9 Å². The minimum atomic E-state index is -1.05. The van der Waals surface area contributed by atoms with E-state index >= 15 is 0 Å². The molecule has 0 radical (unpaired) electrons. The van der Waals surface area contributed by atoms with Crippen molar-refractivity contribution in [1.82, 2.24) is 9.62 Å². The summed E-state index contributed by atoms with van der Waals surface area (Å²) in [6.45, 7) is 7.97. The minimum Gasteiger partial charge on any atom is -0.324 e. The SMILES string of the molecule is C[C@H](NS(=O)C(C)(C)C)C1=CN2C=CCC=C2C=C1. The highest BCUT2D eigenvalue weighted by Gasteiger charge is 2.23. The summed E-state index contributed by atoms with van der Waals surface area (Å²) in [5.41, 5.74) is 2.34. The molecule has 2 aliphatic heterocycles. The number of hydrogen-bond donors (Lipinski definition) is 1. The average molecular weight is 278 g/mol. The summed E-state index contributed by atoms with van der Waals surface area (Å²) in [7, 11) is -1.05. The van der Waals surface area contributed by atoms with Crippen molar-refractivity contribution in [3.8, 4) is 0 Å². The molecule has 104 valence electrons. The van der Waals surface area contributed by atoms with E-state index in [1.54, 1.807) is 0 Å². The molecule has 0 spiro atoms. The van der Waals surface area contributed by atoms with E-state index in [1.807, 2.05) is 27.7 Å². The van der Waals surface area contributed by atoms with E-state index in [4.69, 9.17) is 0 Å². The summed E-state index contributed by atoms with van der Waals surface area (Å²) in [5, 5.41) is 0. The van der Waals surface area contributed by atoms with Gasteiger partial charge in [-0.05, 0) is 45.8 Å². The fraction of sp³-hybridized carbons (Fsp3) is 0.467. The quantitative estimate of drug-likeness (QED) is 0.861. The highest BCUT2D eigenvalue weighted by atomic mass is 32.2. The van der Waals surface area contributed by atoms with Gasteiger partial charge in [0.25, 0.3) is 0 Å². The number of fused-ring (bicyclic) bond motifs is 1. The second kappa shape index (κ2) is 5.47. The Labute approximate surface area is 118 Å². The largest absolute Gasteiger partial charge is 0.324 e. The molecular formula is C15H22N2OS. The zero-order valence-electron chi connectivity index (χ0n) is 12.0. The highest BCUT2D eigenvalue weighted by molar-refractivity contribution is 7.84. The molecule has 0 aliphatic carbocycles. The molecule has 2 heterocycles. The van der Waals surface area contributed by atoms with E-state index in [9.17, 15) is 4.21 Å². The van der Waals surface area contributed by atoms with Crippen molar-refractivity contribution in [2.75, 3.05) is 0 Å². The fourth-order valence-corrected chi connectivity index (χ4v) is 2.68. The molecule has 4 heteroatoms. The van der Waals surface area contributed by atoms with Crippen LogP contribution in [0.3, 0.4) is 0 Å². The highest BCUT2D eigenvalue weighted by Crippen LogP contribution is 2.23. The molecule has 1 N–H and O–H groups in total. The van der Waals surface area contributed by atoms with E-state index in [1.165, 1.54) is 5.70 Å². The number of nitrogens with one attached hydrogen (secondary N) is 1. The van der Waals surface area contributed by atoms with Gasteiger partial charge in [-0.1, -0.05) is 18.2 Å². The van der Waals surface area contributed by atoms with Gasteiger partial charge in [0, 0.05) is 24.1 Å². The Morgan fingerprint density at radius 1 is 1.37 bits per heavy atom. The lowest BCUT2D eigenvalue weighted by Gasteiger charge is -2.28. The van der Waals surface area contributed by atoms with Crippen molar-refractivity contribution in [2.45, 2.75) is 44.9 Å². The van der Waals surface area contributed by atoms with Crippen molar-refractivity contribution in [3.05, 3.63) is 48.0 Å². The van der Waals surface area contributed by atoms with Gasteiger partial charge < -0.3 is 4.90 Å². The average Bonchev–Trinajstić information content (AvgIpc) is 2.37. The Bertz CT molecular complexity index is 495. The van der Waals surface area contributed by atoms with E-state index in [0.29, 0.717) is 0 Å². The smallest absolute Gasteiger partial charge is 0.0975 e. The summed E-state index contributed by atoms with van der Waals surface area (Å²) < 4.78 is 15.0. The molecule has 2 aliphatic rings. The second-order valence-electron chi connectivity index (χ2n) is 5.84. The van der Waals surface area contributed by atoms with E-state index in [2.05, 4.69) is 46.3 Å². The predicted octanol–water partition coefficient (Wildman–Crippen LogP) is 2.98. The molecule has 2 atom stereocenters. The van der Waals surface area contributed by atoms with Gasteiger partial charge in [0.15, 0.2) is 0 Å². The van der Waals surface area contributed by atoms with Gasteiger partial charge >= 0.3 is 0 Å². The molecule has 3 nitrogen and oxygen atoms in total. The van der Waals surface area contributed by atoms with E-state index < -0.39 is 11.0 Å². The lowest BCUT2D eigenvalue weighted by atomic mass is 10.1. The molecule has 0 fully saturated rings. The first kappa shape index (κ1) is 14.3. The molecule has 0 aromatic carbocycles. The molecule has 0 aromatic heterocycles. The third-order valence-electron chi connectivity index (χ3n) is 3.10. The monoisotopic (exact) mass is 278 g/mol. The van der Waals surface area contributed by atoms with Gasteiger partial charge in [0.05, 0.1) is 15.7 Å². The summed E-state index contributed by atoms with van der Waals surface area (Å²) in [5.74, 6) is 0. The van der Waals surface area contributed by atoms with Crippen molar-refractivity contribution in [2.24, 2.45) is 0 Å². The van der Waals surface area contributed by atoms with Gasteiger partial charge in [-0.25, -0.2) is 8.93 Å². The normalized spacial score (nSPS) is 21.6. The Hall–Kier alpha value is -1.13. The summed E-state index contributed by atoms with van der Waals surface area (Å²) in [4.78, 5) is 2.11. The number of rotatable bonds is 3. The van der Waals surface area contributed by atoms with Gasteiger partial charge in [-0.2, -0.15) is 0 Å². The van der Waals surface area contributed by atoms with Crippen molar-refractivity contribution in [3.63, 3.8) is 0 Å². The van der Waals surface area contributed by atoms with Crippen LogP contribution in [0, 0.1) is 0 Å². The summed E-state index contributed by atoms with van der Waals surface area (Å²) in [6, 6.07) is 0.0631. The van der Waals surface area contributed by atoms with Crippen molar-refractivity contribution >= 4 is 11.0 Å².